The van der Waals surface area contributed by atoms with Crippen molar-refractivity contribution < 1.29 is 14.2 Å². The van der Waals surface area contributed by atoms with Gasteiger partial charge in [0, 0.05) is 0 Å². The highest BCUT2D eigenvalue weighted by Crippen LogP contribution is 1.89. The Kier molecular flexibility index (Phi) is 1.80. The largest absolute Gasteiger partial charge is 0.605 e. The third-order valence-corrected chi connectivity index (χ3v) is 0.348. The van der Waals surface area contributed by atoms with Crippen molar-refractivity contribution in [1.29, 1.82) is 0 Å². The zero-order chi connectivity index (χ0) is 6.73. The van der Waals surface area contributed by atoms with Crippen LogP contribution in [0.5, 0.6) is 0 Å². The summed E-state index contributed by atoms with van der Waals surface area (Å²) >= 11 is 0. The minimum Gasteiger partial charge on any atom is -0.256 e. The molecule has 0 saturated carbocycles. The Bertz CT molecular complexity index is 109. The van der Waals surface area contributed by atoms with Gasteiger partial charge in [-0.2, -0.15) is 0 Å². The van der Waals surface area contributed by atoms with Crippen LogP contribution in [0, 0.1) is 20.2 Å². The van der Waals surface area contributed by atoms with Gasteiger partial charge >= 0.3 is 6.42 Å². The van der Waals surface area contributed by atoms with Gasteiger partial charge in [-0.05, 0) is 0 Å². The summed E-state index contributed by atoms with van der Waals surface area (Å²) in [6.07, 6.45) is -3.19. The predicted octanol–water partition coefficient (Wildman–Crippen LogP) is -0.207. The number of nitrogens with zero attached hydrogens (tertiary/aromatic N) is 2. The quantitative estimate of drug-likeness (QED) is 0.220. The molecule has 0 aliphatic rings. The van der Waals surface area contributed by atoms with Crippen molar-refractivity contribution in [3.63, 3.8) is 0 Å². The standard InChI is InChI=1S/CHFN2O4/c2-1(3(5)6)4(7)8/h1H. The summed E-state index contributed by atoms with van der Waals surface area (Å²) in [7, 11) is 0. The smallest absolute Gasteiger partial charge is 0.256 e. The van der Waals surface area contributed by atoms with Gasteiger partial charge in [-0.15, -0.1) is 4.39 Å². The van der Waals surface area contributed by atoms with Crippen LogP contribution in [0.3, 0.4) is 0 Å². The van der Waals surface area contributed by atoms with Crippen molar-refractivity contribution in [2.75, 3.05) is 0 Å². The van der Waals surface area contributed by atoms with Crippen LogP contribution in [-0.4, -0.2) is 16.3 Å². The Balaban J connectivity index is 3.83. The second kappa shape index (κ2) is 2.15. The molecule has 0 radical (unpaired) electrons. The van der Waals surface area contributed by atoms with Gasteiger partial charge in [0.25, 0.3) is 0 Å². The average Bonchev–Trinajstić information content (AvgIpc) is 1.64. The maximum absolute atomic E-state index is 11.2. The number of alkyl halides is 1. The molecule has 0 heterocycles. The highest BCUT2D eigenvalue weighted by Gasteiger charge is 2.30. The molecule has 6 nitrogen and oxygen atoms in total. The molecule has 0 spiro atoms. The molecule has 0 aromatic rings. The molecule has 0 rings (SSSR count). The molecule has 8 heavy (non-hydrogen) atoms. The lowest BCUT2D eigenvalue weighted by Crippen LogP contribution is -2.22. The van der Waals surface area contributed by atoms with Gasteiger partial charge < -0.3 is 0 Å². The molecule has 0 saturated heterocycles. The highest BCUT2D eigenvalue weighted by molar-refractivity contribution is 4.13. The van der Waals surface area contributed by atoms with Gasteiger partial charge in [-0.25, -0.2) is 0 Å². The van der Waals surface area contributed by atoms with Crippen LogP contribution >= 0.6 is 0 Å². The minimum absolute atomic E-state index is 1.62. The number of rotatable bonds is 2. The van der Waals surface area contributed by atoms with Crippen molar-refractivity contribution in [2.45, 2.75) is 6.42 Å². The molecule has 46 valence electrons. The number of halogens is 1. The van der Waals surface area contributed by atoms with Crippen molar-refractivity contribution in [3.8, 4) is 0 Å². The predicted molar refractivity (Wildman–Crippen MR) is 18.9 cm³/mol. The summed E-state index contributed by atoms with van der Waals surface area (Å²) in [6.45, 7) is 0. The third-order valence-electron chi connectivity index (χ3n) is 0.348. The van der Waals surface area contributed by atoms with Gasteiger partial charge in [0.15, 0.2) is 0 Å². The monoisotopic (exact) mass is 124 g/mol. The van der Waals surface area contributed by atoms with Gasteiger partial charge in [0.1, 0.15) is 9.85 Å². The lowest BCUT2D eigenvalue weighted by atomic mass is 11.1. The van der Waals surface area contributed by atoms with Crippen molar-refractivity contribution in [3.05, 3.63) is 20.2 Å². The number of hydrogen-bond donors (Lipinski definition) is 0. The Morgan fingerprint density at radius 3 is 1.50 bits per heavy atom. The third kappa shape index (κ3) is 1.45. The normalized spacial score (nSPS) is 9.25. The van der Waals surface area contributed by atoms with E-state index >= 15 is 0 Å². The van der Waals surface area contributed by atoms with E-state index in [2.05, 4.69) is 0 Å². The van der Waals surface area contributed by atoms with E-state index in [9.17, 15) is 4.39 Å². The van der Waals surface area contributed by atoms with Crippen LogP contribution in [0.4, 0.5) is 4.39 Å². The van der Waals surface area contributed by atoms with E-state index in [-0.39, 0.29) is 0 Å². The van der Waals surface area contributed by atoms with E-state index in [1.165, 1.54) is 0 Å². The van der Waals surface area contributed by atoms with Crippen molar-refractivity contribution >= 4 is 0 Å². The first kappa shape index (κ1) is 6.73. The van der Waals surface area contributed by atoms with Crippen molar-refractivity contribution in [1.82, 2.24) is 0 Å². The molecule has 0 amide bonds. The van der Waals surface area contributed by atoms with E-state index in [4.69, 9.17) is 20.2 Å². The Morgan fingerprint density at radius 2 is 1.50 bits per heavy atom. The number of nitro groups is 2. The van der Waals surface area contributed by atoms with Crippen LogP contribution in [-0.2, 0) is 0 Å². The first-order valence-electron chi connectivity index (χ1n) is 1.46. The lowest BCUT2D eigenvalue weighted by Gasteiger charge is -1.86. The summed E-state index contributed by atoms with van der Waals surface area (Å²) in [6, 6.07) is 0. The van der Waals surface area contributed by atoms with E-state index in [1.54, 1.807) is 0 Å². The SMILES string of the molecule is O=[N+]([O-])C(F)[N+](=O)[O-]. The Labute approximate surface area is 42.2 Å². The topological polar surface area (TPSA) is 86.3 Å². The van der Waals surface area contributed by atoms with E-state index < -0.39 is 16.3 Å². The maximum Gasteiger partial charge on any atom is 0.605 e. The summed E-state index contributed by atoms with van der Waals surface area (Å²) in [5, 5.41) is 18.3. The zero-order valence-electron chi connectivity index (χ0n) is 3.48. The molecular weight excluding hydrogens is 123 g/mol. The highest BCUT2D eigenvalue weighted by atomic mass is 19.1. The first-order chi connectivity index (χ1) is 3.55. The van der Waals surface area contributed by atoms with Gasteiger partial charge in [0.05, 0.1) is 0 Å². The fraction of sp³-hybridized carbons (Fsp3) is 1.00. The van der Waals surface area contributed by atoms with Crippen LogP contribution in [0.25, 0.3) is 0 Å². The van der Waals surface area contributed by atoms with E-state index in [0.29, 0.717) is 0 Å². The van der Waals surface area contributed by atoms with Gasteiger partial charge in [-0.3, -0.25) is 20.2 Å². The molecule has 0 aliphatic carbocycles. The second-order valence-electron chi connectivity index (χ2n) is 0.881. The fourth-order valence-electron chi connectivity index (χ4n) is 0.0770. The van der Waals surface area contributed by atoms with Gasteiger partial charge in [0.2, 0.25) is 0 Å². The van der Waals surface area contributed by atoms with Crippen LogP contribution in [0.2, 0.25) is 0 Å². The van der Waals surface area contributed by atoms with Crippen LogP contribution in [0.15, 0.2) is 0 Å². The summed E-state index contributed by atoms with van der Waals surface area (Å²) < 4.78 is 11.2. The minimum atomic E-state index is -3.19. The summed E-state index contributed by atoms with van der Waals surface area (Å²) in [5.74, 6) is 0. The van der Waals surface area contributed by atoms with Crippen LogP contribution < -0.4 is 0 Å². The van der Waals surface area contributed by atoms with E-state index in [0.717, 1.165) is 0 Å². The Hall–Kier alpha value is -1.27. The number of hydrogen-bond acceptors (Lipinski definition) is 4. The summed E-state index contributed by atoms with van der Waals surface area (Å²) in [5.41, 5.74) is 0. The average molecular weight is 124 g/mol. The molecule has 0 unspecified atom stereocenters. The maximum atomic E-state index is 11.2. The Morgan fingerprint density at radius 1 is 1.25 bits per heavy atom. The fourth-order valence-corrected chi connectivity index (χ4v) is 0.0770. The zero-order valence-corrected chi connectivity index (χ0v) is 3.48. The molecular formula is CHFN2O4. The van der Waals surface area contributed by atoms with Gasteiger partial charge in [-0.1, -0.05) is 0 Å². The molecule has 0 atom stereocenters. The van der Waals surface area contributed by atoms with Crippen molar-refractivity contribution in [2.24, 2.45) is 0 Å². The summed E-state index contributed by atoms with van der Waals surface area (Å²) in [4.78, 5) is 15.0. The van der Waals surface area contributed by atoms with Crippen LogP contribution in [0.1, 0.15) is 0 Å². The first-order valence-corrected chi connectivity index (χ1v) is 1.46. The molecule has 0 aromatic carbocycles. The molecule has 7 heteroatoms. The van der Waals surface area contributed by atoms with E-state index in [1.807, 2.05) is 0 Å². The molecule has 0 N–H and O–H groups in total. The molecule has 0 bridgehead atoms. The molecule has 0 aromatic heterocycles. The molecule has 0 aliphatic heterocycles. The lowest BCUT2D eigenvalue weighted by molar-refractivity contribution is -0.773. The second-order valence-corrected chi connectivity index (χ2v) is 0.881. The molecule has 0 fully saturated rings.